The van der Waals surface area contributed by atoms with E-state index in [1.807, 2.05) is 24.4 Å². The topological polar surface area (TPSA) is 17.3 Å². The van der Waals surface area contributed by atoms with Gasteiger partial charge in [-0.15, -0.1) is 0 Å². The number of para-hydroxylation sites is 1. The van der Waals surface area contributed by atoms with Gasteiger partial charge in [0.1, 0.15) is 0 Å². The molecule has 2 aromatic rings. The van der Waals surface area contributed by atoms with Crippen LogP contribution in [0.3, 0.4) is 0 Å². The molecular formula is C10H10N2. The zero-order valence-corrected chi connectivity index (χ0v) is 6.99. The van der Waals surface area contributed by atoms with Gasteiger partial charge in [0.05, 0.1) is 5.52 Å². The first-order valence-corrected chi connectivity index (χ1v) is 3.86. The van der Waals surface area contributed by atoms with Gasteiger partial charge in [0, 0.05) is 18.3 Å². The average Bonchev–Trinajstić information content (AvgIpc) is 2.44. The largest absolute Gasteiger partial charge is 0.241 e. The Hall–Kier alpha value is -1.57. The quantitative estimate of drug-likeness (QED) is 0.567. The van der Waals surface area contributed by atoms with Crippen LogP contribution < -0.4 is 0 Å². The molecule has 0 aliphatic rings. The highest BCUT2D eigenvalue weighted by molar-refractivity contribution is 5.83. The summed E-state index contributed by atoms with van der Waals surface area (Å²) in [5.74, 6) is 0. The number of aryl methyl sites for hydroxylation is 1. The standard InChI is InChI=1S/C10H10N2/c1-8-7-12(11-2)10-6-4-3-5-9(8)10/h3-7H,2H2,1H3. The van der Waals surface area contributed by atoms with E-state index in [4.69, 9.17) is 0 Å². The fourth-order valence-corrected chi connectivity index (χ4v) is 1.45. The second kappa shape index (κ2) is 2.48. The van der Waals surface area contributed by atoms with Crippen LogP contribution in [0, 0.1) is 6.92 Å². The van der Waals surface area contributed by atoms with Crippen LogP contribution >= 0.6 is 0 Å². The monoisotopic (exact) mass is 158 g/mol. The third kappa shape index (κ3) is 0.848. The molecular weight excluding hydrogens is 148 g/mol. The first kappa shape index (κ1) is 7.10. The van der Waals surface area contributed by atoms with Gasteiger partial charge in [0.15, 0.2) is 0 Å². The minimum atomic E-state index is 1.12. The maximum absolute atomic E-state index is 3.89. The molecule has 1 heterocycles. The second-order valence-corrected chi connectivity index (χ2v) is 2.82. The maximum Gasteiger partial charge on any atom is 0.0720 e. The van der Waals surface area contributed by atoms with Gasteiger partial charge < -0.3 is 0 Å². The number of rotatable bonds is 1. The van der Waals surface area contributed by atoms with Crippen LogP contribution in [0.1, 0.15) is 5.56 Å². The summed E-state index contributed by atoms with van der Waals surface area (Å²) in [6, 6.07) is 8.16. The average molecular weight is 158 g/mol. The molecule has 0 fully saturated rings. The van der Waals surface area contributed by atoms with Crippen molar-refractivity contribution in [2.45, 2.75) is 6.92 Å². The summed E-state index contributed by atoms with van der Waals surface area (Å²) in [4.78, 5) is 0. The molecule has 0 aliphatic carbocycles. The lowest BCUT2D eigenvalue weighted by Crippen LogP contribution is -1.81. The van der Waals surface area contributed by atoms with E-state index in [0.29, 0.717) is 0 Å². The Kier molecular flexibility index (Phi) is 1.47. The van der Waals surface area contributed by atoms with Crippen molar-refractivity contribution in [2.75, 3.05) is 0 Å². The van der Waals surface area contributed by atoms with Crippen molar-refractivity contribution in [3.8, 4) is 0 Å². The summed E-state index contributed by atoms with van der Waals surface area (Å²) in [5, 5.41) is 5.13. The van der Waals surface area contributed by atoms with Gasteiger partial charge in [-0.05, 0) is 18.6 Å². The van der Waals surface area contributed by atoms with E-state index in [1.54, 1.807) is 4.68 Å². The smallest absolute Gasteiger partial charge is 0.0720 e. The van der Waals surface area contributed by atoms with Crippen LogP contribution in [-0.2, 0) is 0 Å². The Labute approximate surface area is 71.1 Å². The Bertz CT molecular complexity index is 426. The molecule has 0 radical (unpaired) electrons. The fraction of sp³-hybridized carbons (Fsp3) is 0.100. The van der Waals surface area contributed by atoms with Crippen molar-refractivity contribution in [3.63, 3.8) is 0 Å². The van der Waals surface area contributed by atoms with E-state index in [0.717, 1.165) is 5.52 Å². The molecule has 0 N–H and O–H groups in total. The minimum Gasteiger partial charge on any atom is -0.241 e. The predicted molar refractivity (Wildman–Crippen MR) is 51.6 cm³/mol. The summed E-state index contributed by atoms with van der Waals surface area (Å²) in [7, 11) is 0. The van der Waals surface area contributed by atoms with Crippen molar-refractivity contribution in [1.29, 1.82) is 0 Å². The number of nitrogens with zero attached hydrogens (tertiary/aromatic N) is 2. The molecule has 2 nitrogen and oxygen atoms in total. The van der Waals surface area contributed by atoms with Crippen LogP contribution in [0.5, 0.6) is 0 Å². The first-order chi connectivity index (χ1) is 5.83. The summed E-state index contributed by atoms with van der Waals surface area (Å²) in [6.07, 6.45) is 1.98. The highest BCUT2D eigenvalue weighted by Crippen LogP contribution is 2.19. The number of fused-ring (bicyclic) bond motifs is 1. The van der Waals surface area contributed by atoms with Gasteiger partial charge in [-0.3, -0.25) is 0 Å². The molecule has 0 atom stereocenters. The van der Waals surface area contributed by atoms with Crippen molar-refractivity contribution >= 4 is 17.6 Å². The van der Waals surface area contributed by atoms with Crippen LogP contribution in [0.15, 0.2) is 35.6 Å². The van der Waals surface area contributed by atoms with Crippen molar-refractivity contribution in [2.24, 2.45) is 5.10 Å². The van der Waals surface area contributed by atoms with E-state index in [2.05, 4.69) is 24.8 Å². The third-order valence-corrected chi connectivity index (χ3v) is 2.04. The molecule has 12 heavy (non-hydrogen) atoms. The Morgan fingerprint density at radius 3 is 2.83 bits per heavy atom. The lowest BCUT2D eigenvalue weighted by atomic mass is 10.2. The van der Waals surface area contributed by atoms with Crippen LogP contribution in [0.2, 0.25) is 0 Å². The Balaban J connectivity index is 2.91. The minimum absolute atomic E-state index is 1.12. The number of hydrogen-bond donors (Lipinski definition) is 0. The van der Waals surface area contributed by atoms with Gasteiger partial charge in [0.2, 0.25) is 0 Å². The zero-order chi connectivity index (χ0) is 8.55. The maximum atomic E-state index is 3.89. The van der Waals surface area contributed by atoms with Crippen LogP contribution in [0.4, 0.5) is 0 Å². The number of aromatic nitrogens is 1. The second-order valence-electron chi connectivity index (χ2n) is 2.82. The van der Waals surface area contributed by atoms with Crippen LogP contribution in [-0.4, -0.2) is 11.4 Å². The van der Waals surface area contributed by atoms with E-state index in [9.17, 15) is 0 Å². The molecule has 0 saturated carbocycles. The Morgan fingerprint density at radius 2 is 2.08 bits per heavy atom. The molecule has 0 aliphatic heterocycles. The molecule has 0 spiro atoms. The highest BCUT2D eigenvalue weighted by Gasteiger charge is 2.01. The van der Waals surface area contributed by atoms with Crippen molar-refractivity contribution in [1.82, 2.24) is 4.68 Å². The zero-order valence-electron chi connectivity index (χ0n) is 6.99. The van der Waals surface area contributed by atoms with Gasteiger partial charge in [-0.2, -0.15) is 5.10 Å². The molecule has 0 amide bonds. The normalized spacial score (nSPS) is 10.4. The van der Waals surface area contributed by atoms with Crippen molar-refractivity contribution < 1.29 is 0 Å². The number of benzene rings is 1. The van der Waals surface area contributed by atoms with Crippen molar-refractivity contribution in [3.05, 3.63) is 36.0 Å². The summed E-state index contributed by atoms with van der Waals surface area (Å²) >= 11 is 0. The highest BCUT2D eigenvalue weighted by atomic mass is 15.3. The lowest BCUT2D eigenvalue weighted by molar-refractivity contribution is 0.934. The third-order valence-electron chi connectivity index (χ3n) is 2.04. The SMILES string of the molecule is C=Nn1cc(C)c2ccccc21. The van der Waals surface area contributed by atoms with E-state index in [-0.39, 0.29) is 0 Å². The number of hydrogen-bond acceptors (Lipinski definition) is 1. The Morgan fingerprint density at radius 1 is 1.33 bits per heavy atom. The molecule has 0 bridgehead atoms. The van der Waals surface area contributed by atoms with E-state index in [1.165, 1.54) is 10.9 Å². The van der Waals surface area contributed by atoms with Gasteiger partial charge >= 0.3 is 0 Å². The van der Waals surface area contributed by atoms with Gasteiger partial charge in [-0.25, -0.2) is 4.68 Å². The molecule has 60 valence electrons. The molecule has 0 unspecified atom stereocenters. The molecule has 2 heteroatoms. The van der Waals surface area contributed by atoms with E-state index >= 15 is 0 Å². The summed E-state index contributed by atoms with van der Waals surface area (Å²) in [6.45, 7) is 5.58. The molecule has 1 aromatic carbocycles. The fourth-order valence-electron chi connectivity index (χ4n) is 1.45. The van der Waals surface area contributed by atoms with Gasteiger partial charge in [0.25, 0.3) is 0 Å². The molecule has 1 aromatic heterocycles. The first-order valence-electron chi connectivity index (χ1n) is 3.86. The van der Waals surface area contributed by atoms with Crippen LogP contribution in [0.25, 0.3) is 10.9 Å². The predicted octanol–water partition coefficient (Wildman–Crippen LogP) is 2.41. The summed E-state index contributed by atoms with van der Waals surface area (Å²) < 4.78 is 1.80. The lowest BCUT2D eigenvalue weighted by Gasteiger charge is -1.93. The van der Waals surface area contributed by atoms with E-state index < -0.39 is 0 Å². The molecule has 2 rings (SSSR count). The molecule has 0 saturated heterocycles. The summed E-state index contributed by atoms with van der Waals surface area (Å²) in [5.41, 5.74) is 2.35. The van der Waals surface area contributed by atoms with Gasteiger partial charge in [-0.1, -0.05) is 18.2 Å².